The summed E-state index contributed by atoms with van der Waals surface area (Å²) in [5.41, 5.74) is 3.26. The molecule has 0 saturated heterocycles. The van der Waals surface area contributed by atoms with E-state index in [2.05, 4.69) is 23.2 Å². The first-order valence-electron chi connectivity index (χ1n) is 4.79. The van der Waals surface area contributed by atoms with Crippen LogP contribution in [0.4, 0.5) is 11.4 Å². The van der Waals surface area contributed by atoms with Gasteiger partial charge >= 0.3 is 0 Å². The largest absolute Gasteiger partial charge is 0.372 e. The van der Waals surface area contributed by atoms with E-state index >= 15 is 0 Å². The Hall–Kier alpha value is -1.51. The number of nitrogens with one attached hydrogen (secondary N) is 1. The second-order valence-electron chi connectivity index (χ2n) is 3.69. The molecule has 3 heteroatoms. The smallest absolute Gasteiger partial charge is 0.226 e. The van der Waals surface area contributed by atoms with E-state index in [1.807, 2.05) is 19.2 Å². The van der Waals surface area contributed by atoms with Gasteiger partial charge in [-0.3, -0.25) is 4.79 Å². The Labute approximate surface area is 83.7 Å². The number of anilines is 2. The van der Waals surface area contributed by atoms with E-state index < -0.39 is 0 Å². The average molecular weight is 190 g/mol. The Balaban J connectivity index is 2.52. The van der Waals surface area contributed by atoms with Crippen LogP contribution in [0.25, 0.3) is 0 Å². The molecule has 1 aromatic carbocycles. The molecular formula is C11H14N2O. The summed E-state index contributed by atoms with van der Waals surface area (Å²) in [6, 6.07) is 5.97. The third kappa shape index (κ3) is 1.45. The van der Waals surface area contributed by atoms with Gasteiger partial charge in [0.25, 0.3) is 0 Å². The van der Waals surface area contributed by atoms with Gasteiger partial charge in [0.2, 0.25) is 5.91 Å². The lowest BCUT2D eigenvalue weighted by Gasteiger charge is -2.20. The maximum absolute atomic E-state index is 11.4. The van der Waals surface area contributed by atoms with E-state index in [9.17, 15) is 4.79 Å². The third-order valence-corrected chi connectivity index (χ3v) is 2.57. The predicted molar refractivity (Wildman–Crippen MR) is 57.7 cm³/mol. The summed E-state index contributed by atoms with van der Waals surface area (Å²) in [4.78, 5) is 13.5. The van der Waals surface area contributed by atoms with E-state index in [4.69, 9.17) is 0 Å². The van der Waals surface area contributed by atoms with Crippen LogP contribution in [0.2, 0.25) is 0 Å². The van der Waals surface area contributed by atoms with Crippen molar-refractivity contribution in [3.63, 3.8) is 0 Å². The molecule has 0 aromatic heterocycles. The summed E-state index contributed by atoms with van der Waals surface area (Å²) in [5, 5.41) is 2.91. The number of carbonyl (C=O) groups excluding carboxylic acids is 1. The molecule has 1 N–H and O–H groups in total. The molecule has 0 aliphatic carbocycles. The summed E-state index contributed by atoms with van der Waals surface area (Å²) in [5.74, 6) is 0.0983. The molecule has 2 rings (SSSR count). The molecule has 0 fully saturated rings. The molecule has 0 radical (unpaired) electrons. The average Bonchev–Trinajstić information content (AvgIpc) is 2.27. The van der Waals surface area contributed by atoms with E-state index in [-0.39, 0.29) is 5.91 Å². The van der Waals surface area contributed by atoms with Gasteiger partial charge in [-0.15, -0.1) is 0 Å². The number of hydrogen-bond donors (Lipinski definition) is 1. The van der Waals surface area contributed by atoms with Gasteiger partial charge in [0.15, 0.2) is 0 Å². The third-order valence-electron chi connectivity index (χ3n) is 2.57. The summed E-state index contributed by atoms with van der Waals surface area (Å²) >= 11 is 0. The lowest BCUT2D eigenvalue weighted by molar-refractivity contribution is -0.115. The van der Waals surface area contributed by atoms with E-state index in [0.717, 1.165) is 17.9 Å². The molecule has 3 nitrogen and oxygen atoms in total. The van der Waals surface area contributed by atoms with Crippen molar-refractivity contribution < 1.29 is 4.79 Å². The van der Waals surface area contributed by atoms with Crippen molar-refractivity contribution in [2.75, 3.05) is 23.8 Å². The standard InChI is InChI=1S/C11H14N2O/c1-8-4-3-5-9-11(8)13(2)7-6-10(14)12-9/h3-5H,6-7H2,1-2H3,(H,12,14). The van der Waals surface area contributed by atoms with Gasteiger partial charge in [0.1, 0.15) is 0 Å². The minimum absolute atomic E-state index is 0.0983. The molecule has 74 valence electrons. The molecule has 1 amide bonds. The normalized spacial score (nSPS) is 15.9. The first-order valence-corrected chi connectivity index (χ1v) is 4.79. The predicted octanol–water partition coefficient (Wildman–Crippen LogP) is 1.77. The van der Waals surface area contributed by atoms with Crippen LogP contribution in [0.1, 0.15) is 12.0 Å². The second kappa shape index (κ2) is 3.33. The van der Waals surface area contributed by atoms with E-state index in [1.54, 1.807) is 0 Å². The van der Waals surface area contributed by atoms with E-state index in [1.165, 1.54) is 5.56 Å². The highest BCUT2D eigenvalue weighted by molar-refractivity contribution is 5.96. The minimum atomic E-state index is 0.0983. The zero-order valence-electron chi connectivity index (χ0n) is 8.50. The highest BCUT2D eigenvalue weighted by Crippen LogP contribution is 2.30. The zero-order chi connectivity index (χ0) is 10.1. The van der Waals surface area contributed by atoms with Crippen LogP contribution in [0, 0.1) is 6.92 Å². The molecular weight excluding hydrogens is 176 g/mol. The Morgan fingerprint density at radius 1 is 1.43 bits per heavy atom. The van der Waals surface area contributed by atoms with Crippen LogP contribution >= 0.6 is 0 Å². The molecule has 14 heavy (non-hydrogen) atoms. The fraction of sp³-hybridized carbons (Fsp3) is 0.364. The maximum Gasteiger partial charge on any atom is 0.226 e. The Morgan fingerprint density at radius 3 is 3.00 bits per heavy atom. The first-order chi connectivity index (χ1) is 6.68. The summed E-state index contributed by atoms with van der Waals surface area (Å²) in [6.45, 7) is 2.84. The van der Waals surface area contributed by atoms with Crippen molar-refractivity contribution in [1.82, 2.24) is 0 Å². The lowest BCUT2D eigenvalue weighted by Crippen LogP contribution is -2.19. The van der Waals surface area contributed by atoms with Crippen molar-refractivity contribution in [2.24, 2.45) is 0 Å². The number of rotatable bonds is 0. The Bertz CT molecular complexity index is 374. The molecule has 0 unspecified atom stereocenters. The van der Waals surface area contributed by atoms with Crippen LogP contribution in [0.15, 0.2) is 18.2 Å². The zero-order valence-corrected chi connectivity index (χ0v) is 8.50. The SMILES string of the molecule is Cc1cccc2c1N(C)CCC(=O)N2. The number of hydrogen-bond acceptors (Lipinski definition) is 2. The van der Waals surface area contributed by atoms with Crippen molar-refractivity contribution in [3.05, 3.63) is 23.8 Å². The van der Waals surface area contributed by atoms with Crippen LogP contribution in [0.5, 0.6) is 0 Å². The van der Waals surface area contributed by atoms with Gasteiger partial charge in [-0.2, -0.15) is 0 Å². The molecule has 1 aromatic rings. The number of nitrogens with zero attached hydrogens (tertiary/aromatic N) is 1. The minimum Gasteiger partial charge on any atom is -0.372 e. The summed E-state index contributed by atoms with van der Waals surface area (Å²) < 4.78 is 0. The van der Waals surface area contributed by atoms with Crippen molar-refractivity contribution in [2.45, 2.75) is 13.3 Å². The van der Waals surface area contributed by atoms with Crippen LogP contribution in [-0.4, -0.2) is 19.5 Å². The number of para-hydroxylation sites is 1. The molecule has 0 saturated carbocycles. The van der Waals surface area contributed by atoms with Crippen molar-refractivity contribution in [1.29, 1.82) is 0 Å². The fourth-order valence-corrected chi connectivity index (χ4v) is 1.86. The monoisotopic (exact) mass is 190 g/mol. The van der Waals surface area contributed by atoms with Gasteiger partial charge in [-0.05, 0) is 18.6 Å². The lowest BCUT2D eigenvalue weighted by atomic mass is 10.1. The van der Waals surface area contributed by atoms with Crippen LogP contribution in [-0.2, 0) is 4.79 Å². The first kappa shape index (κ1) is 9.06. The summed E-state index contributed by atoms with van der Waals surface area (Å²) in [7, 11) is 2.02. The highest BCUT2D eigenvalue weighted by atomic mass is 16.1. The van der Waals surface area contributed by atoms with Gasteiger partial charge in [0, 0.05) is 20.0 Å². The summed E-state index contributed by atoms with van der Waals surface area (Å²) in [6.07, 6.45) is 0.560. The highest BCUT2D eigenvalue weighted by Gasteiger charge is 2.17. The van der Waals surface area contributed by atoms with E-state index in [0.29, 0.717) is 6.42 Å². The second-order valence-corrected chi connectivity index (χ2v) is 3.69. The number of amides is 1. The van der Waals surface area contributed by atoms with Gasteiger partial charge in [-0.25, -0.2) is 0 Å². The number of aryl methyl sites for hydroxylation is 1. The molecule has 1 aliphatic rings. The van der Waals surface area contributed by atoms with Gasteiger partial charge < -0.3 is 10.2 Å². The van der Waals surface area contributed by atoms with Crippen molar-refractivity contribution in [3.8, 4) is 0 Å². The fourth-order valence-electron chi connectivity index (χ4n) is 1.86. The molecule has 0 bridgehead atoms. The molecule has 1 heterocycles. The topological polar surface area (TPSA) is 32.3 Å². The number of carbonyl (C=O) groups is 1. The Kier molecular flexibility index (Phi) is 2.15. The number of benzene rings is 1. The maximum atomic E-state index is 11.4. The molecule has 1 aliphatic heterocycles. The molecule has 0 atom stereocenters. The van der Waals surface area contributed by atoms with Gasteiger partial charge in [-0.1, -0.05) is 12.1 Å². The number of fused-ring (bicyclic) bond motifs is 1. The Morgan fingerprint density at radius 2 is 2.21 bits per heavy atom. The van der Waals surface area contributed by atoms with Crippen LogP contribution in [0.3, 0.4) is 0 Å². The van der Waals surface area contributed by atoms with Gasteiger partial charge in [0.05, 0.1) is 11.4 Å². The quantitative estimate of drug-likeness (QED) is 0.676. The van der Waals surface area contributed by atoms with Crippen LogP contribution < -0.4 is 10.2 Å². The van der Waals surface area contributed by atoms with Crippen molar-refractivity contribution >= 4 is 17.3 Å². The molecule has 0 spiro atoms.